The maximum Gasteiger partial charge on any atom is 0.163 e. The summed E-state index contributed by atoms with van der Waals surface area (Å²) < 4.78 is 17.7. The zero-order chi connectivity index (χ0) is 25.4. The van der Waals surface area contributed by atoms with Crippen LogP contribution in [-0.2, 0) is 26.6 Å². The van der Waals surface area contributed by atoms with Gasteiger partial charge in [0.05, 0.1) is 17.3 Å². The standard InChI is InChI=1S/C28H33FN8/c1-18-22-16-36(14-7-23(22)37(34-18)17-27-8-11-28(30,12-9-27)13-10-27)26-21-15-31-35(2)25(21)32-24(33-26)19-3-5-20(29)6-4-19/h3-6,15H,7-14,16-17,30H2,1-2H3. The molecule has 0 amide bonds. The lowest BCUT2D eigenvalue weighted by Crippen LogP contribution is -2.53. The molecule has 2 bridgehead atoms. The molecule has 0 atom stereocenters. The van der Waals surface area contributed by atoms with Gasteiger partial charge in [0, 0.05) is 55.5 Å². The van der Waals surface area contributed by atoms with Crippen molar-refractivity contribution in [3.05, 3.63) is 53.2 Å². The molecule has 37 heavy (non-hydrogen) atoms. The average Bonchev–Trinajstić information content (AvgIpc) is 3.43. The molecule has 0 spiro atoms. The van der Waals surface area contributed by atoms with Crippen LogP contribution in [0.1, 0.15) is 55.5 Å². The Hall–Kier alpha value is -3.33. The maximum absolute atomic E-state index is 13.6. The monoisotopic (exact) mass is 500 g/mol. The third-order valence-corrected chi connectivity index (χ3v) is 9.25. The van der Waals surface area contributed by atoms with Gasteiger partial charge in [-0.25, -0.2) is 14.4 Å². The van der Waals surface area contributed by atoms with Crippen LogP contribution in [0.2, 0.25) is 0 Å². The highest BCUT2D eigenvalue weighted by Gasteiger charge is 2.47. The van der Waals surface area contributed by atoms with Crippen molar-refractivity contribution in [2.45, 2.75) is 70.5 Å². The third kappa shape index (κ3) is 3.74. The number of benzene rings is 1. The maximum atomic E-state index is 13.6. The first-order valence-corrected chi connectivity index (χ1v) is 13.4. The van der Waals surface area contributed by atoms with Gasteiger partial charge in [-0.3, -0.25) is 9.36 Å². The number of aromatic nitrogens is 6. The van der Waals surface area contributed by atoms with Crippen molar-refractivity contribution < 1.29 is 4.39 Å². The second-order valence-electron chi connectivity index (χ2n) is 11.6. The van der Waals surface area contributed by atoms with Crippen LogP contribution in [0.3, 0.4) is 0 Å². The van der Waals surface area contributed by atoms with Gasteiger partial charge >= 0.3 is 0 Å². The normalized spacial score (nSPS) is 25.1. The van der Waals surface area contributed by atoms with Crippen LogP contribution < -0.4 is 10.6 Å². The number of fused-ring (bicyclic) bond motifs is 5. The molecule has 3 fully saturated rings. The van der Waals surface area contributed by atoms with Gasteiger partial charge < -0.3 is 10.6 Å². The Morgan fingerprint density at radius 2 is 1.76 bits per heavy atom. The van der Waals surface area contributed by atoms with Crippen molar-refractivity contribution in [1.29, 1.82) is 0 Å². The highest BCUT2D eigenvalue weighted by atomic mass is 19.1. The Balaban J connectivity index is 1.22. The minimum absolute atomic E-state index is 0.0870. The fourth-order valence-electron chi connectivity index (χ4n) is 6.80. The Morgan fingerprint density at radius 3 is 2.49 bits per heavy atom. The fourth-order valence-corrected chi connectivity index (χ4v) is 6.80. The summed E-state index contributed by atoms with van der Waals surface area (Å²) in [6.07, 6.45) is 9.86. The lowest BCUT2D eigenvalue weighted by Gasteiger charge is -2.52. The van der Waals surface area contributed by atoms with Crippen LogP contribution in [0, 0.1) is 18.2 Å². The highest BCUT2D eigenvalue weighted by molar-refractivity contribution is 5.88. The van der Waals surface area contributed by atoms with E-state index < -0.39 is 0 Å². The summed E-state index contributed by atoms with van der Waals surface area (Å²) >= 11 is 0. The van der Waals surface area contributed by atoms with Gasteiger partial charge in [-0.15, -0.1) is 0 Å². The molecule has 3 aromatic heterocycles. The van der Waals surface area contributed by atoms with E-state index in [9.17, 15) is 4.39 Å². The van der Waals surface area contributed by atoms with E-state index >= 15 is 0 Å². The van der Waals surface area contributed by atoms with Crippen LogP contribution in [0.4, 0.5) is 10.2 Å². The predicted octanol–water partition coefficient (Wildman–Crippen LogP) is 4.29. The number of hydrogen-bond donors (Lipinski definition) is 1. The van der Waals surface area contributed by atoms with Crippen molar-refractivity contribution in [1.82, 2.24) is 29.5 Å². The molecule has 8 nitrogen and oxygen atoms in total. The van der Waals surface area contributed by atoms with Crippen molar-refractivity contribution in [2.75, 3.05) is 11.4 Å². The zero-order valence-electron chi connectivity index (χ0n) is 21.5. The van der Waals surface area contributed by atoms with Crippen molar-refractivity contribution in [2.24, 2.45) is 18.2 Å². The molecule has 3 saturated carbocycles. The summed E-state index contributed by atoms with van der Waals surface area (Å²) in [6, 6.07) is 6.35. The molecule has 2 N–H and O–H groups in total. The van der Waals surface area contributed by atoms with E-state index in [4.69, 9.17) is 20.8 Å². The van der Waals surface area contributed by atoms with E-state index in [2.05, 4.69) is 21.6 Å². The first-order valence-electron chi connectivity index (χ1n) is 13.4. The summed E-state index contributed by atoms with van der Waals surface area (Å²) in [5.41, 5.74) is 12.3. The molecule has 8 rings (SSSR count). The van der Waals surface area contributed by atoms with Gasteiger partial charge in [-0.05, 0) is 75.1 Å². The third-order valence-electron chi connectivity index (χ3n) is 9.25. The number of rotatable bonds is 4. The van der Waals surface area contributed by atoms with Crippen molar-refractivity contribution >= 4 is 16.9 Å². The zero-order valence-corrected chi connectivity index (χ0v) is 21.5. The Labute approximate surface area is 215 Å². The summed E-state index contributed by atoms with van der Waals surface area (Å²) in [7, 11) is 1.89. The summed E-state index contributed by atoms with van der Waals surface area (Å²) in [5, 5.41) is 10.4. The second-order valence-corrected chi connectivity index (χ2v) is 11.6. The molecule has 1 aliphatic heterocycles. The van der Waals surface area contributed by atoms with E-state index in [1.54, 1.807) is 16.8 Å². The Bertz CT molecular complexity index is 1480. The summed E-state index contributed by atoms with van der Waals surface area (Å²) in [6.45, 7) is 4.74. The van der Waals surface area contributed by atoms with Crippen LogP contribution in [0.15, 0.2) is 30.5 Å². The minimum Gasteiger partial charge on any atom is -0.351 e. The van der Waals surface area contributed by atoms with Crippen LogP contribution in [0.5, 0.6) is 0 Å². The topological polar surface area (TPSA) is 90.7 Å². The van der Waals surface area contributed by atoms with E-state index in [0.29, 0.717) is 11.2 Å². The first kappa shape index (κ1) is 22.8. The van der Waals surface area contributed by atoms with Crippen molar-refractivity contribution in [3.8, 4) is 11.4 Å². The van der Waals surface area contributed by atoms with Gasteiger partial charge in [0.1, 0.15) is 11.6 Å². The van der Waals surface area contributed by atoms with Crippen molar-refractivity contribution in [3.63, 3.8) is 0 Å². The largest absolute Gasteiger partial charge is 0.351 e. The van der Waals surface area contributed by atoms with Gasteiger partial charge in [0.15, 0.2) is 11.5 Å². The Morgan fingerprint density at radius 1 is 1.03 bits per heavy atom. The van der Waals surface area contributed by atoms with Gasteiger partial charge in [-0.1, -0.05) is 0 Å². The van der Waals surface area contributed by atoms with E-state index in [1.165, 1.54) is 42.7 Å². The van der Waals surface area contributed by atoms with E-state index in [-0.39, 0.29) is 11.4 Å². The summed E-state index contributed by atoms with van der Waals surface area (Å²) in [4.78, 5) is 12.1. The molecule has 4 aliphatic rings. The van der Waals surface area contributed by atoms with Gasteiger partial charge in [0.25, 0.3) is 0 Å². The first-order chi connectivity index (χ1) is 17.8. The fraction of sp³-hybridized carbons (Fsp3) is 0.500. The molecule has 192 valence electrons. The number of anilines is 1. The number of aryl methyl sites for hydroxylation is 2. The molecule has 3 aliphatic carbocycles. The molecule has 0 saturated heterocycles. The van der Waals surface area contributed by atoms with E-state index in [0.717, 1.165) is 73.4 Å². The molecular weight excluding hydrogens is 467 g/mol. The van der Waals surface area contributed by atoms with Crippen LogP contribution in [-0.4, -0.2) is 41.6 Å². The number of nitrogens with two attached hydrogens (primary N) is 1. The Kier molecular flexibility index (Phi) is 4.99. The minimum atomic E-state index is -0.273. The smallest absolute Gasteiger partial charge is 0.163 e. The van der Waals surface area contributed by atoms with Crippen LogP contribution in [0.25, 0.3) is 22.4 Å². The second kappa shape index (κ2) is 8.08. The average molecular weight is 501 g/mol. The van der Waals surface area contributed by atoms with Gasteiger partial charge in [0.2, 0.25) is 0 Å². The number of halogens is 1. The lowest BCUT2D eigenvalue weighted by atomic mass is 9.57. The predicted molar refractivity (Wildman–Crippen MR) is 140 cm³/mol. The van der Waals surface area contributed by atoms with Crippen LogP contribution >= 0.6 is 0 Å². The molecular formula is C28H33FN8. The molecule has 4 heterocycles. The molecule has 4 aromatic rings. The number of nitrogens with zero attached hydrogens (tertiary/aromatic N) is 7. The molecule has 0 unspecified atom stereocenters. The molecule has 0 radical (unpaired) electrons. The summed E-state index contributed by atoms with van der Waals surface area (Å²) in [5.74, 6) is 1.17. The van der Waals surface area contributed by atoms with Gasteiger partial charge in [-0.2, -0.15) is 10.2 Å². The molecule has 9 heteroatoms. The quantitative estimate of drug-likeness (QED) is 0.450. The highest BCUT2D eigenvalue weighted by Crippen LogP contribution is 2.52. The molecule has 1 aromatic carbocycles. The number of hydrogen-bond acceptors (Lipinski definition) is 6. The van der Waals surface area contributed by atoms with E-state index in [1.807, 2.05) is 13.2 Å². The lowest BCUT2D eigenvalue weighted by molar-refractivity contribution is 0.0263. The SMILES string of the molecule is Cc1nn(CC23CCC(N)(CC2)CC3)c2c1CN(c1nc(-c3ccc(F)cc3)nc3c1cnn3C)CC2.